The quantitative estimate of drug-likeness (QED) is 0.788. The Morgan fingerprint density at radius 3 is 2.94 bits per heavy atom. The molecular formula is C15H21NO. The monoisotopic (exact) mass is 231 g/mol. The summed E-state index contributed by atoms with van der Waals surface area (Å²) in [6, 6.07) is 9.23. The van der Waals surface area contributed by atoms with E-state index in [0.29, 0.717) is 6.04 Å². The lowest BCUT2D eigenvalue weighted by molar-refractivity contribution is 0.246. The molecule has 1 unspecified atom stereocenters. The van der Waals surface area contributed by atoms with Gasteiger partial charge in [-0.1, -0.05) is 12.1 Å². The number of methoxy groups -OCH3 is 1. The van der Waals surface area contributed by atoms with Crippen molar-refractivity contribution in [1.82, 2.24) is 4.90 Å². The first-order chi connectivity index (χ1) is 8.36. The molecule has 2 fully saturated rings. The lowest BCUT2D eigenvalue weighted by Crippen LogP contribution is -2.25. The highest BCUT2D eigenvalue weighted by Crippen LogP contribution is 2.38. The van der Waals surface area contributed by atoms with Crippen molar-refractivity contribution in [2.24, 2.45) is 5.92 Å². The SMILES string of the molecule is COc1cccc(C2CCCN2CC2CC2)c1. The molecule has 0 bridgehead atoms. The third kappa shape index (κ3) is 2.47. The fraction of sp³-hybridized carbons (Fsp3) is 0.600. The molecule has 1 aromatic carbocycles. The third-order valence-electron chi connectivity index (χ3n) is 4.03. The van der Waals surface area contributed by atoms with E-state index in [9.17, 15) is 0 Å². The van der Waals surface area contributed by atoms with Gasteiger partial charge in [0.25, 0.3) is 0 Å². The van der Waals surface area contributed by atoms with Gasteiger partial charge in [0.1, 0.15) is 5.75 Å². The normalized spacial score (nSPS) is 25.1. The standard InChI is InChI=1S/C15H21NO/c1-17-14-5-2-4-13(10-14)15-6-3-9-16(15)11-12-7-8-12/h2,4-5,10,12,15H,3,6-9,11H2,1H3. The van der Waals surface area contributed by atoms with Gasteiger partial charge in [0, 0.05) is 12.6 Å². The molecule has 0 N–H and O–H groups in total. The first-order valence-electron chi connectivity index (χ1n) is 6.75. The molecule has 2 aliphatic rings. The van der Waals surface area contributed by atoms with Gasteiger partial charge in [-0.2, -0.15) is 0 Å². The van der Waals surface area contributed by atoms with Crippen LogP contribution in [-0.4, -0.2) is 25.1 Å². The molecule has 1 aromatic rings. The lowest BCUT2D eigenvalue weighted by atomic mass is 10.0. The maximum absolute atomic E-state index is 5.32. The molecule has 0 aromatic heterocycles. The molecule has 92 valence electrons. The number of likely N-dealkylation sites (tertiary alicyclic amines) is 1. The van der Waals surface area contributed by atoms with Crippen LogP contribution in [0.5, 0.6) is 5.75 Å². The summed E-state index contributed by atoms with van der Waals surface area (Å²) < 4.78 is 5.32. The van der Waals surface area contributed by atoms with E-state index < -0.39 is 0 Å². The molecule has 1 saturated carbocycles. The van der Waals surface area contributed by atoms with E-state index in [1.165, 1.54) is 44.3 Å². The van der Waals surface area contributed by atoms with Crippen LogP contribution in [0.1, 0.15) is 37.3 Å². The minimum absolute atomic E-state index is 0.630. The van der Waals surface area contributed by atoms with Gasteiger partial charge in [0.15, 0.2) is 0 Å². The molecule has 1 heterocycles. The fourth-order valence-corrected chi connectivity index (χ4v) is 2.90. The summed E-state index contributed by atoms with van der Waals surface area (Å²) >= 11 is 0. The Hall–Kier alpha value is -1.02. The fourth-order valence-electron chi connectivity index (χ4n) is 2.90. The predicted octanol–water partition coefficient (Wildman–Crippen LogP) is 3.24. The highest BCUT2D eigenvalue weighted by Gasteiger charge is 2.31. The summed E-state index contributed by atoms with van der Waals surface area (Å²) in [5, 5.41) is 0. The maximum atomic E-state index is 5.32. The zero-order chi connectivity index (χ0) is 11.7. The van der Waals surface area contributed by atoms with E-state index in [0.717, 1.165) is 11.7 Å². The van der Waals surface area contributed by atoms with Gasteiger partial charge < -0.3 is 4.74 Å². The summed E-state index contributed by atoms with van der Waals surface area (Å²) in [7, 11) is 1.75. The third-order valence-corrected chi connectivity index (χ3v) is 4.03. The van der Waals surface area contributed by atoms with Crippen molar-refractivity contribution in [1.29, 1.82) is 0 Å². The van der Waals surface area contributed by atoms with E-state index in [2.05, 4.69) is 23.1 Å². The van der Waals surface area contributed by atoms with Gasteiger partial charge in [0.2, 0.25) is 0 Å². The molecule has 1 aliphatic heterocycles. The van der Waals surface area contributed by atoms with Crippen molar-refractivity contribution in [3.8, 4) is 5.75 Å². The Morgan fingerprint density at radius 2 is 2.18 bits per heavy atom. The molecule has 3 rings (SSSR count). The Morgan fingerprint density at radius 1 is 1.29 bits per heavy atom. The van der Waals surface area contributed by atoms with Gasteiger partial charge >= 0.3 is 0 Å². The molecule has 2 nitrogen and oxygen atoms in total. The Balaban J connectivity index is 1.75. The molecule has 0 radical (unpaired) electrons. The van der Waals surface area contributed by atoms with E-state index in [4.69, 9.17) is 4.74 Å². The minimum atomic E-state index is 0.630. The van der Waals surface area contributed by atoms with Crippen LogP contribution in [-0.2, 0) is 0 Å². The smallest absolute Gasteiger partial charge is 0.119 e. The highest BCUT2D eigenvalue weighted by atomic mass is 16.5. The number of ether oxygens (including phenoxy) is 1. The second kappa shape index (κ2) is 4.69. The van der Waals surface area contributed by atoms with Gasteiger partial charge in [-0.05, 0) is 55.8 Å². The van der Waals surface area contributed by atoms with Gasteiger partial charge in [-0.25, -0.2) is 0 Å². The number of hydrogen-bond donors (Lipinski definition) is 0. The van der Waals surface area contributed by atoms with E-state index >= 15 is 0 Å². The molecule has 17 heavy (non-hydrogen) atoms. The van der Waals surface area contributed by atoms with Crippen LogP contribution >= 0.6 is 0 Å². The Kier molecular flexibility index (Phi) is 3.06. The van der Waals surface area contributed by atoms with Crippen LogP contribution in [0.4, 0.5) is 0 Å². The predicted molar refractivity (Wildman–Crippen MR) is 69.3 cm³/mol. The van der Waals surface area contributed by atoms with Crippen LogP contribution in [0, 0.1) is 5.92 Å². The summed E-state index contributed by atoms with van der Waals surface area (Å²) in [6.45, 7) is 2.58. The molecule has 0 amide bonds. The number of rotatable bonds is 4. The zero-order valence-corrected chi connectivity index (χ0v) is 10.6. The van der Waals surface area contributed by atoms with Crippen LogP contribution in [0.15, 0.2) is 24.3 Å². The Bertz CT molecular complexity index is 386. The van der Waals surface area contributed by atoms with E-state index in [-0.39, 0.29) is 0 Å². The second-order valence-electron chi connectivity index (χ2n) is 5.37. The van der Waals surface area contributed by atoms with Crippen molar-refractivity contribution >= 4 is 0 Å². The average Bonchev–Trinajstić information content (AvgIpc) is 3.06. The molecule has 2 heteroatoms. The van der Waals surface area contributed by atoms with Crippen LogP contribution < -0.4 is 4.74 Å². The van der Waals surface area contributed by atoms with Crippen LogP contribution in [0.3, 0.4) is 0 Å². The van der Waals surface area contributed by atoms with Crippen LogP contribution in [0.2, 0.25) is 0 Å². The van der Waals surface area contributed by atoms with E-state index in [1.54, 1.807) is 7.11 Å². The van der Waals surface area contributed by atoms with Gasteiger partial charge in [0.05, 0.1) is 7.11 Å². The van der Waals surface area contributed by atoms with Crippen LogP contribution in [0.25, 0.3) is 0 Å². The molecular weight excluding hydrogens is 210 g/mol. The first kappa shape index (κ1) is 11.1. The summed E-state index contributed by atoms with van der Waals surface area (Å²) in [5.41, 5.74) is 1.43. The van der Waals surface area contributed by atoms with E-state index in [1.807, 2.05) is 6.07 Å². The molecule has 1 atom stereocenters. The van der Waals surface area contributed by atoms with Crippen molar-refractivity contribution in [3.63, 3.8) is 0 Å². The maximum Gasteiger partial charge on any atom is 0.119 e. The number of hydrogen-bond acceptors (Lipinski definition) is 2. The highest BCUT2D eigenvalue weighted by molar-refractivity contribution is 5.31. The van der Waals surface area contributed by atoms with Gasteiger partial charge in [-0.3, -0.25) is 4.90 Å². The van der Waals surface area contributed by atoms with Crippen molar-refractivity contribution in [2.45, 2.75) is 31.7 Å². The summed E-state index contributed by atoms with van der Waals surface area (Å²) in [5.74, 6) is 1.97. The van der Waals surface area contributed by atoms with Crippen molar-refractivity contribution in [2.75, 3.05) is 20.2 Å². The zero-order valence-electron chi connectivity index (χ0n) is 10.6. The number of benzene rings is 1. The summed E-state index contributed by atoms with van der Waals surface area (Å²) in [4.78, 5) is 2.67. The molecule has 1 saturated heterocycles. The largest absolute Gasteiger partial charge is 0.497 e. The minimum Gasteiger partial charge on any atom is -0.497 e. The lowest BCUT2D eigenvalue weighted by Gasteiger charge is -2.25. The number of nitrogens with zero attached hydrogens (tertiary/aromatic N) is 1. The summed E-state index contributed by atoms with van der Waals surface area (Å²) in [6.07, 6.45) is 5.54. The average molecular weight is 231 g/mol. The topological polar surface area (TPSA) is 12.5 Å². The molecule has 0 spiro atoms. The van der Waals surface area contributed by atoms with Crippen molar-refractivity contribution < 1.29 is 4.74 Å². The first-order valence-corrected chi connectivity index (χ1v) is 6.75. The van der Waals surface area contributed by atoms with Crippen molar-refractivity contribution in [3.05, 3.63) is 29.8 Å². The van der Waals surface area contributed by atoms with Gasteiger partial charge in [-0.15, -0.1) is 0 Å². The molecule has 1 aliphatic carbocycles. The second-order valence-corrected chi connectivity index (χ2v) is 5.37. The Labute approximate surface area is 104 Å².